The Morgan fingerprint density at radius 3 is 2.52 bits per heavy atom. The Hall–Kier alpha value is -2.25. The molecule has 2 aromatic rings. The van der Waals surface area contributed by atoms with Gasteiger partial charge in [-0.3, -0.25) is 4.79 Å². The molecule has 1 aliphatic heterocycles. The average Bonchev–Trinajstić information content (AvgIpc) is 3.00. The second-order valence-corrected chi connectivity index (χ2v) is 8.14. The summed E-state index contributed by atoms with van der Waals surface area (Å²) < 4.78 is 39.8. The van der Waals surface area contributed by atoms with Gasteiger partial charge in [0.1, 0.15) is 5.82 Å². The molecule has 2 aromatic carbocycles. The van der Waals surface area contributed by atoms with E-state index in [-0.39, 0.29) is 23.2 Å². The molecule has 0 fully saturated rings. The molecule has 3 rings (SSSR count). The van der Waals surface area contributed by atoms with E-state index in [2.05, 4.69) is 0 Å². The predicted octanol–water partition coefficient (Wildman–Crippen LogP) is 2.56. The predicted molar refractivity (Wildman–Crippen MR) is 93.2 cm³/mol. The van der Waals surface area contributed by atoms with Crippen LogP contribution in [-0.4, -0.2) is 32.2 Å². The first-order chi connectivity index (χ1) is 11.8. The van der Waals surface area contributed by atoms with Crippen LogP contribution in [0.25, 0.3) is 0 Å². The highest BCUT2D eigenvalue weighted by atomic mass is 32.2. The zero-order valence-corrected chi connectivity index (χ0v) is 14.9. The van der Waals surface area contributed by atoms with Crippen molar-refractivity contribution in [3.8, 4) is 0 Å². The number of amides is 1. The molecule has 7 heteroatoms. The van der Waals surface area contributed by atoms with Crippen molar-refractivity contribution in [1.29, 1.82) is 0 Å². The van der Waals surface area contributed by atoms with Gasteiger partial charge in [0, 0.05) is 32.7 Å². The number of halogens is 1. The van der Waals surface area contributed by atoms with Crippen LogP contribution in [0.4, 0.5) is 10.1 Å². The molecule has 1 aliphatic rings. The van der Waals surface area contributed by atoms with Crippen LogP contribution in [0.1, 0.15) is 18.1 Å². The molecule has 1 amide bonds. The summed E-state index contributed by atoms with van der Waals surface area (Å²) in [5.41, 5.74) is 2.33. The lowest BCUT2D eigenvalue weighted by atomic mass is 10.2. The summed E-state index contributed by atoms with van der Waals surface area (Å²) in [5.74, 6) is -0.411. The van der Waals surface area contributed by atoms with E-state index >= 15 is 0 Å². The smallest absolute Gasteiger partial charge is 0.243 e. The van der Waals surface area contributed by atoms with E-state index in [0.717, 1.165) is 11.3 Å². The van der Waals surface area contributed by atoms with E-state index < -0.39 is 10.0 Å². The van der Waals surface area contributed by atoms with Crippen LogP contribution in [0.15, 0.2) is 47.4 Å². The highest BCUT2D eigenvalue weighted by molar-refractivity contribution is 7.89. The van der Waals surface area contributed by atoms with E-state index in [1.165, 1.54) is 36.5 Å². The van der Waals surface area contributed by atoms with Crippen molar-refractivity contribution >= 4 is 21.6 Å². The molecule has 0 atom stereocenters. The molecule has 132 valence electrons. The summed E-state index contributed by atoms with van der Waals surface area (Å²) in [6, 6.07) is 10.6. The highest BCUT2D eigenvalue weighted by Gasteiger charge is 2.26. The van der Waals surface area contributed by atoms with Gasteiger partial charge in [-0.05, 0) is 47.9 Å². The number of hydrogen-bond acceptors (Lipinski definition) is 3. The summed E-state index contributed by atoms with van der Waals surface area (Å²) in [6.45, 7) is 2.22. The second kappa shape index (κ2) is 6.57. The molecular weight excluding hydrogens is 343 g/mol. The highest BCUT2D eigenvalue weighted by Crippen LogP contribution is 2.31. The Bertz CT molecular complexity index is 910. The third-order valence-electron chi connectivity index (χ3n) is 4.35. The molecule has 1 heterocycles. The van der Waals surface area contributed by atoms with E-state index in [1.807, 2.05) is 0 Å². The summed E-state index contributed by atoms with van der Waals surface area (Å²) >= 11 is 0. The molecule has 25 heavy (non-hydrogen) atoms. The first-order valence-corrected chi connectivity index (χ1v) is 9.35. The monoisotopic (exact) mass is 362 g/mol. The normalized spacial score (nSPS) is 14.0. The van der Waals surface area contributed by atoms with Crippen LogP contribution in [0, 0.1) is 5.82 Å². The molecule has 0 spiro atoms. The molecule has 0 saturated carbocycles. The number of benzene rings is 2. The lowest BCUT2D eigenvalue weighted by Crippen LogP contribution is -2.27. The number of nitrogens with zero attached hydrogens (tertiary/aromatic N) is 2. The summed E-state index contributed by atoms with van der Waals surface area (Å²) in [5, 5.41) is 0. The second-order valence-electron chi connectivity index (χ2n) is 6.10. The van der Waals surface area contributed by atoms with Crippen LogP contribution >= 0.6 is 0 Å². The van der Waals surface area contributed by atoms with Gasteiger partial charge in [-0.2, -0.15) is 4.31 Å². The lowest BCUT2D eigenvalue weighted by molar-refractivity contribution is -0.116. The zero-order valence-electron chi connectivity index (χ0n) is 14.1. The molecule has 0 saturated heterocycles. The van der Waals surface area contributed by atoms with E-state index in [9.17, 15) is 17.6 Å². The molecular formula is C18H19FN2O3S. The largest absolute Gasteiger partial charge is 0.312 e. The van der Waals surface area contributed by atoms with Crippen molar-refractivity contribution in [2.75, 3.05) is 18.5 Å². The van der Waals surface area contributed by atoms with Crippen LogP contribution in [0.3, 0.4) is 0 Å². The van der Waals surface area contributed by atoms with E-state index in [0.29, 0.717) is 18.5 Å². The van der Waals surface area contributed by atoms with Crippen molar-refractivity contribution in [1.82, 2.24) is 4.31 Å². The number of hydrogen-bond donors (Lipinski definition) is 0. The van der Waals surface area contributed by atoms with Crippen LogP contribution < -0.4 is 4.90 Å². The summed E-state index contributed by atoms with van der Waals surface area (Å²) in [6.07, 6.45) is 0.639. The number of anilines is 1. The van der Waals surface area contributed by atoms with Crippen molar-refractivity contribution < 1.29 is 17.6 Å². The lowest BCUT2D eigenvalue weighted by Gasteiger charge is -2.19. The minimum absolute atomic E-state index is 0.0530. The fourth-order valence-electron chi connectivity index (χ4n) is 2.98. The van der Waals surface area contributed by atoms with Gasteiger partial charge in [0.25, 0.3) is 0 Å². The Kier molecular flexibility index (Phi) is 4.62. The first kappa shape index (κ1) is 17.6. The van der Waals surface area contributed by atoms with E-state index in [1.54, 1.807) is 29.2 Å². The zero-order chi connectivity index (χ0) is 18.2. The fourth-order valence-corrected chi connectivity index (χ4v) is 4.19. The van der Waals surface area contributed by atoms with Gasteiger partial charge in [-0.25, -0.2) is 12.8 Å². The quantitative estimate of drug-likeness (QED) is 0.840. The van der Waals surface area contributed by atoms with Crippen molar-refractivity contribution in [2.24, 2.45) is 0 Å². The van der Waals surface area contributed by atoms with Gasteiger partial charge < -0.3 is 4.90 Å². The van der Waals surface area contributed by atoms with E-state index in [4.69, 9.17) is 0 Å². The Balaban J connectivity index is 1.85. The molecule has 5 nitrogen and oxygen atoms in total. The standard InChI is InChI=1S/C18H19FN2O3S/c1-13(22)21-10-9-15-11-17(7-8-18(15)21)25(23,24)20(2)12-14-3-5-16(19)6-4-14/h3-8,11H,9-10,12H2,1-2H3. The average molecular weight is 362 g/mol. The van der Waals surface area contributed by atoms with Crippen LogP contribution in [0.5, 0.6) is 0 Å². The number of sulfonamides is 1. The molecule has 0 radical (unpaired) electrons. The molecule has 0 aliphatic carbocycles. The minimum Gasteiger partial charge on any atom is -0.312 e. The number of carbonyl (C=O) groups excluding carboxylic acids is 1. The molecule has 0 aromatic heterocycles. The van der Waals surface area contributed by atoms with Gasteiger partial charge in [0.05, 0.1) is 4.90 Å². The van der Waals surface area contributed by atoms with Gasteiger partial charge in [-0.1, -0.05) is 12.1 Å². The van der Waals surface area contributed by atoms with Crippen molar-refractivity contribution in [3.63, 3.8) is 0 Å². The number of fused-ring (bicyclic) bond motifs is 1. The van der Waals surface area contributed by atoms with Crippen LogP contribution in [-0.2, 0) is 27.8 Å². The number of carbonyl (C=O) groups is 1. The maximum Gasteiger partial charge on any atom is 0.243 e. The van der Waals surface area contributed by atoms with Gasteiger partial charge in [0.15, 0.2) is 0 Å². The summed E-state index contributed by atoms with van der Waals surface area (Å²) in [4.78, 5) is 13.4. The third kappa shape index (κ3) is 3.43. The topological polar surface area (TPSA) is 57.7 Å². The Labute approximate surface area is 146 Å². The maximum atomic E-state index is 13.0. The molecule has 0 N–H and O–H groups in total. The molecule has 0 bridgehead atoms. The van der Waals surface area contributed by atoms with Crippen LogP contribution in [0.2, 0.25) is 0 Å². The summed E-state index contributed by atoms with van der Waals surface area (Å²) in [7, 11) is -2.18. The van der Waals surface area contributed by atoms with Crippen molar-refractivity contribution in [2.45, 2.75) is 24.8 Å². The van der Waals surface area contributed by atoms with Crippen molar-refractivity contribution in [3.05, 3.63) is 59.4 Å². The molecule has 0 unspecified atom stereocenters. The number of rotatable bonds is 4. The van der Waals surface area contributed by atoms with Gasteiger partial charge in [0.2, 0.25) is 15.9 Å². The van der Waals surface area contributed by atoms with Gasteiger partial charge >= 0.3 is 0 Å². The SMILES string of the molecule is CC(=O)N1CCc2cc(S(=O)(=O)N(C)Cc3ccc(F)cc3)ccc21. The maximum absolute atomic E-state index is 13.0. The Morgan fingerprint density at radius 1 is 1.20 bits per heavy atom. The first-order valence-electron chi connectivity index (χ1n) is 7.91. The third-order valence-corrected chi connectivity index (χ3v) is 6.15. The fraction of sp³-hybridized carbons (Fsp3) is 0.278. The minimum atomic E-state index is -3.67. The Morgan fingerprint density at radius 2 is 1.88 bits per heavy atom. The van der Waals surface area contributed by atoms with Gasteiger partial charge in [-0.15, -0.1) is 0 Å².